The zero-order valence-electron chi connectivity index (χ0n) is 10.3. The third-order valence-electron chi connectivity index (χ3n) is 4.45. The average Bonchev–Trinajstić information content (AvgIpc) is 2.94. The molecule has 0 saturated heterocycles. The van der Waals surface area contributed by atoms with Gasteiger partial charge in [0.25, 0.3) is 0 Å². The average molecular weight is 288 g/mol. The lowest BCUT2D eigenvalue weighted by Crippen LogP contribution is -2.39. The van der Waals surface area contributed by atoms with E-state index in [9.17, 15) is 4.79 Å². The SMILES string of the molecule is CC1(C)CCCC1C(=O)NCC1(CBr)CC1. The second-order valence-corrected chi connectivity index (χ2v) is 6.85. The number of hydrogen-bond donors (Lipinski definition) is 1. The normalized spacial score (nSPS) is 30.1. The van der Waals surface area contributed by atoms with Gasteiger partial charge in [0.15, 0.2) is 0 Å². The first-order valence-corrected chi connectivity index (χ1v) is 7.45. The van der Waals surface area contributed by atoms with Crippen LogP contribution in [-0.2, 0) is 4.79 Å². The van der Waals surface area contributed by atoms with Gasteiger partial charge in [-0.3, -0.25) is 4.79 Å². The lowest BCUT2D eigenvalue weighted by Gasteiger charge is -2.26. The van der Waals surface area contributed by atoms with Crippen molar-refractivity contribution in [3.8, 4) is 0 Å². The molecule has 2 nitrogen and oxygen atoms in total. The Morgan fingerprint density at radius 1 is 1.38 bits per heavy atom. The monoisotopic (exact) mass is 287 g/mol. The highest BCUT2D eigenvalue weighted by atomic mass is 79.9. The van der Waals surface area contributed by atoms with Crippen molar-refractivity contribution in [2.45, 2.75) is 46.0 Å². The summed E-state index contributed by atoms with van der Waals surface area (Å²) in [6.07, 6.45) is 5.97. The maximum absolute atomic E-state index is 12.1. The molecular weight excluding hydrogens is 266 g/mol. The van der Waals surface area contributed by atoms with Crippen molar-refractivity contribution in [1.29, 1.82) is 0 Å². The minimum atomic E-state index is 0.204. The van der Waals surface area contributed by atoms with E-state index >= 15 is 0 Å². The first-order chi connectivity index (χ1) is 7.49. The van der Waals surface area contributed by atoms with Gasteiger partial charge in [-0.25, -0.2) is 0 Å². The van der Waals surface area contributed by atoms with Gasteiger partial charge in [0.1, 0.15) is 0 Å². The maximum atomic E-state index is 12.1. The molecule has 0 heterocycles. The largest absolute Gasteiger partial charge is 0.355 e. The van der Waals surface area contributed by atoms with Gasteiger partial charge in [0.2, 0.25) is 5.91 Å². The van der Waals surface area contributed by atoms with Crippen LogP contribution in [0.3, 0.4) is 0 Å². The van der Waals surface area contributed by atoms with Crippen molar-refractivity contribution in [3.63, 3.8) is 0 Å². The van der Waals surface area contributed by atoms with Crippen molar-refractivity contribution >= 4 is 21.8 Å². The molecule has 1 N–H and O–H groups in total. The first-order valence-electron chi connectivity index (χ1n) is 6.33. The van der Waals surface area contributed by atoms with Crippen LogP contribution in [0, 0.1) is 16.7 Å². The Morgan fingerprint density at radius 2 is 2.06 bits per heavy atom. The summed E-state index contributed by atoms with van der Waals surface area (Å²) in [5.41, 5.74) is 0.591. The van der Waals surface area contributed by atoms with Gasteiger partial charge in [-0.05, 0) is 36.5 Å². The Morgan fingerprint density at radius 3 is 2.50 bits per heavy atom. The maximum Gasteiger partial charge on any atom is 0.223 e. The summed E-state index contributed by atoms with van der Waals surface area (Å²) in [5, 5.41) is 4.19. The van der Waals surface area contributed by atoms with Gasteiger partial charge in [-0.15, -0.1) is 0 Å². The number of nitrogens with one attached hydrogen (secondary N) is 1. The molecule has 92 valence electrons. The minimum absolute atomic E-state index is 0.204. The lowest BCUT2D eigenvalue weighted by atomic mass is 9.81. The summed E-state index contributed by atoms with van der Waals surface area (Å²) in [6.45, 7) is 5.31. The van der Waals surface area contributed by atoms with E-state index in [4.69, 9.17) is 0 Å². The zero-order valence-corrected chi connectivity index (χ0v) is 11.9. The zero-order chi connectivity index (χ0) is 11.8. The third kappa shape index (κ3) is 2.44. The molecule has 0 aromatic rings. The molecular formula is C13H22BrNO. The van der Waals surface area contributed by atoms with Gasteiger partial charge >= 0.3 is 0 Å². The third-order valence-corrected chi connectivity index (χ3v) is 5.64. The van der Waals surface area contributed by atoms with Crippen molar-refractivity contribution in [2.75, 3.05) is 11.9 Å². The summed E-state index contributed by atoms with van der Waals surface area (Å²) in [4.78, 5) is 12.1. The van der Waals surface area contributed by atoms with Crippen LogP contribution in [0.4, 0.5) is 0 Å². The van der Waals surface area contributed by atoms with Gasteiger partial charge < -0.3 is 5.32 Å². The number of hydrogen-bond acceptors (Lipinski definition) is 1. The molecule has 0 aromatic heterocycles. The van der Waals surface area contributed by atoms with Crippen LogP contribution in [-0.4, -0.2) is 17.8 Å². The minimum Gasteiger partial charge on any atom is -0.355 e. The standard InChI is InChI=1S/C13H22BrNO/c1-12(2)5-3-4-10(12)11(16)15-9-13(8-14)6-7-13/h10H,3-9H2,1-2H3,(H,15,16). The van der Waals surface area contributed by atoms with Crippen LogP contribution in [0.1, 0.15) is 46.0 Å². The molecule has 0 aromatic carbocycles. The van der Waals surface area contributed by atoms with Gasteiger partial charge in [-0.2, -0.15) is 0 Å². The van der Waals surface area contributed by atoms with Crippen LogP contribution in [0.5, 0.6) is 0 Å². The number of carbonyl (C=O) groups excluding carboxylic acids is 1. The molecule has 3 heteroatoms. The number of alkyl halides is 1. The number of amides is 1. The molecule has 2 aliphatic carbocycles. The molecule has 0 radical (unpaired) electrons. The van der Waals surface area contributed by atoms with Crippen LogP contribution in [0.25, 0.3) is 0 Å². The summed E-state index contributed by atoms with van der Waals surface area (Å²) in [7, 11) is 0. The van der Waals surface area contributed by atoms with Crippen molar-refractivity contribution in [1.82, 2.24) is 5.32 Å². The highest BCUT2D eigenvalue weighted by molar-refractivity contribution is 9.09. The molecule has 2 fully saturated rings. The molecule has 2 saturated carbocycles. The number of halogens is 1. The van der Waals surface area contributed by atoms with E-state index in [2.05, 4.69) is 35.1 Å². The second-order valence-electron chi connectivity index (χ2n) is 6.28. The summed E-state index contributed by atoms with van der Waals surface area (Å²) < 4.78 is 0. The predicted octanol–water partition coefficient (Wildman–Crippen LogP) is 3.10. The van der Waals surface area contributed by atoms with E-state index in [1.807, 2.05) is 0 Å². The Hall–Kier alpha value is -0.0500. The van der Waals surface area contributed by atoms with Crippen LogP contribution in [0.2, 0.25) is 0 Å². The topological polar surface area (TPSA) is 29.1 Å². The van der Waals surface area contributed by atoms with E-state index in [-0.39, 0.29) is 17.2 Å². The highest BCUT2D eigenvalue weighted by Crippen LogP contribution is 2.47. The van der Waals surface area contributed by atoms with E-state index in [1.54, 1.807) is 0 Å². The highest BCUT2D eigenvalue weighted by Gasteiger charge is 2.43. The Bertz CT molecular complexity index is 284. The fourth-order valence-corrected chi connectivity index (χ4v) is 3.50. The summed E-state index contributed by atoms with van der Waals surface area (Å²) >= 11 is 3.54. The van der Waals surface area contributed by atoms with E-state index in [1.165, 1.54) is 25.7 Å². The molecule has 0 aliphatic heterocycles. The Kier molecular flexibility index (Phi) is 3.35. The Balaban J connectivity index is 1.84. The molecule has 16 heavy (non-hydrogen) atoms. The van der Waals surface area contributed by atoms with Crippen LogP contribution >= 0.6 is 15.9 Å². The van der Waals surface area contributed by atoms with Crippen LogP contribution < -0.4 is 5.32 Å². The number of rotatable bonds is 4. The smallest absolute Gasteiger partial charge is 0.223 e. The summed E-state index contributed by atoms with van der Waals surface area (Å²) in [6, 6.07) is 0. The van der Waals surface area contributed by atoms with Crippen molar-refractivity contribution < 1.29 is 4.79 Å². The fourth-order valence-electron chi connectivity index (χ4n) is 2.74. The number of carbonyl (C=O) groups is 1. The lowest BCUT2D eigenvalue weighted by molar-refractivity contribution is -0.127. The van der Waals surface area contributed by atoms with E-state index < -0.39 is 0 Å². The second kappa shape index (κ2) is 4.32. The molecule has 2 rings (SSSR count). The fraction of sp³-hybridized carbons (Fsp3) is 0.923. The molecule has 1 amide bonds. The van der Waals surface area contributed by atoms with Crippen molar-refractivity contribution in [3.05, 3.63) is 0 Å². The van der Waals surface area contributed by atoms with Crippen molar-refractivity contribution in [2.24, 2.45) is 16.7 Å². The molecule has 0 spiro atoms. The quantitative estimate of drug-likeness (QED) is 0.791. The van der Waals surface area contributed by atoms with Gasteiger partial charge in [-0.1, -0.05) is 36.2 Å². The molecule has 0 bridgehead atoms. The first kappa shape index (κ1) is 12.4. The predicted molar refractivity (Wildman–Crippen MR) is 69.6 cm³/mol. The van der Waals surface area contributed by atoms with Gasteiger partial charge in [0.05, 0.1) is 0 Å². The Labute approximate surface area is 107 Å². The molecule has 2 aliphatic rings. The molecule has 1 unspecified atom stereocenters. The van der Waals surface area contributed by atoms with Gasteiger partial charge in [0, 0.05) is 17.8 Å². The van der Waals surface area contributed by atoms with Crippen LogP contribution in [0.15, 0.2) is 0 Å². The summed E-state index contributed by atoms with van der Waals surface area (Å²) in [5.74, 6) is 0.522. The molecule has 1 atom stereocenters. The van der Waals surface area contributed by atoms with E-state index in [0.717, 1.165) is 18.3 Å². The van der Waals surface area contributed by atoms with E-state index in [0.29, 0.717) is 5.41 Å².